The van der Waals surface area contributed by atoms with Crippen molar-refractivity contribution in [3.05, 3.63) is 35.7 Å². The van der Waals surface area contributed by atoms with Gasteiger partial charge in [0.1, 0.15) is 17.4 Å². The Morgan fingerprint density at radius 3 is 2.65 bits per heavy atom. The van der Waals surface area contributed by atoms with Gasteiger partial charge in [0.05, 0.1) is 19.4 Å². The van der Waals surface area contributed by atoms with Crippen molar-refractivity contribution in [1.82, 2.24) is 0 Å². The topological polar surface area (TPSA) is 94.4 Å². The van der Waals surface area contributed by atoms with E-state index in [1.165, 1.54) is 13.2 Å². The van der Waals surface area contributed by atoms with Crippen molar-refractivity contribution < 1.29 is 48.9 Å². The second-order valence-electron chi connectivity index (χ2n) is 3.36. The molecule has 1 aromatic rings. The Bertz CT molecular complexity index is 537. The van der Waals surface area contributed by atoms with E-state index in [-0.39, 0.29) is 36.2 Å². The molecular formula is C13H13N2NaO4. The number of ether oxygens (including phenoxy) is 2. The molecule has 6 nitrogen and oxygen atoms in total. The van der Waals surface area contributed by atoms with E-state index in [1.54, 1.807) is 31.2 Å². The molecule has 0 spiro atoms. The van der Waals surface area contributed by atoms with Crippen molar-refractivity contribution in [2.24, 2.45) is 0 Å². The van der Waals surface area contributed by atoms with Gasteiger partial charge in [0, 0.05) is 0 Å². The number of carbonyl (C=O) groups is 1. The zero-order valence-electron chi connectivity index (χ0n) is 11.6. The van der Waals surface area contributed by atoms with Crippen molar-refractivity contribution in [2.75, 3.05) is 19.0 Å². The van der Waals surface area contributed by atoms with E-state index in [0.717, 1.165) is 0 Å². The van der Waals surface area contributed by atoms with Gasteiger partial charge in [-0.3, -0.25) is 0 Å². The molecule has 0 saturated heterocycles. The minimum Gasteiger partial charge on any atom is -0.859 e. The number of para-hydroxylation sites is 2. The molecule has 1 N–H and O–H groups in total. The average Bonchev–Trinajstić information content (AvgIpc) is 2.40. The third kappa shape index (κ3) is 4.78. The van der Waals surface area contributed by atoms with Crippen molar-refractivity contribution in [3.8, 4) is 11.8 Å². The summed E-state index contributed by atoms with van der Waals surface area (Å²) in [5.74, 6) is -1.35. The van der Waals surface area contributed by atoms with Crippen LogP contribution in [0.25, 0.3) is 0 Å². The number of anilines is 1. The van der Waals surface area contributed by atoms with Crippen LogP contribution in [0.4, 0.5) is 5.69 Å². The molecule has 1 rings (SSSR count). The first-order valence-corrected chi connectivity index (χ1v) is 5.52. The number of carbonyl (C=O) groups excluding carboxylic acids is 1. The van der Waals surface area contributed by atoms with Crippen LogP contribution in [0.15, 0.2) is 35.7 Å². The van der Waals surface area contributed by atoms with Gasteiger partial charge in [-0.25, -0.2) is 4.79 Å². The second-order valence-corrected chi connectivity index (χ2v) is 3.36. The number of hydrogen-bond donors (Lipinski definition) is 1. The fourth-order valence-corrected chi connectivity index (χ4v) is 1.33. The standard InChI is InChI=1S/C13H14N2O4.Na/c1-3-19-13(17)9(8-14)12(16)15-10-6-4-5-7-11(10)18-2;/h4-7,15-16H,3H2,1-2H3;/q;+1/p-1/b12-9-;. The molecule has 0 aliphatic rings. The molecule has 0 bridgehead atoms. The summed E-state index contributed by atoms with van der Waals surface area (Å²) in [4.78, 5) is 11.4. The summed E-state index contributed by atoms with van der Waals surface area (Å²) in [5.41, 5.74) is -0.236. The number of methoxy groups -OCH3 is 1. The van der Waals surface area contributed by atoms with Crippen LogP contribution >= 0.6 is 0 Å². The first-order valence-electron chi connectivity index (χ1n) is 5.52. The van der Waals surface area contributed by atoms with Crippen molar-refractivity contribution in [2.45, 2.75) is 6.92 Å². The Morgan fingerprint density at radius 2 is 2.10 bits per heavy atom. The average molecular weight is 284 g/mol. The molecule has 0 heterocycles. The number of nitrogens with one attached hydrogen (secondary N) is 1. The van der Waals surface area contributed by atoms with Gasteiger partial charge >= 0.3 is 35.5 Å². The Morgan fingerprint density at radius 1 is 1.45 bits per heavy atom. The van der Waals surface area contributed by atoms with Crippen molar-refractivity contribution in [3.63, 3.8) is 0 Å². The van der Waals surface area contributed by atoms with Crippen molar-refractivity contribution in [1.29, 1.82) is 5.26 Å². The minimum atomic E-state index is -0.947. The summed E-state index contributed by atoms with van der Waals surface area (Å²) in [6, 6.07) is 8.19. The molecule has 0 unspecified atom stereocenters. The normalized spacial score (nSPS) is 10.4. The number of esters is 1. The maximum atomic E-state index is 11.8. The zero-order chi connectivity index (χ0) is 14.3. The fourth-order valence-electron chi connectivity index (χ4n) is 1.33. The summed E-state index contributed by atoms with van der Waals surface area (Å²) < 4.78 is 9.66. The fraction of sp³-hybridized carbons (Fsp3) is 0.231. The Kier molecular flexibility index (Phi) is 8.48. The van der Waals surface area contributed by atoms with E-state index in [1.807, 2.05) is 0 Å². The van der Waals surface area contributed by atoms with E-state index >= 15 is 0 Å². The Labute approximate surface area is 139 Å². The van der Waals surface area contributed by atoms with E-state index in [2.05, 4.69) is 10.1 Å². The van der Waals surface area contributed by atoms with Gasteiger partial charge in [0.25, 0.3) is 0 Å². The molecule has 0 aliphatic heterocycles. The molecular weight excluding hydrogens is 271 g/mol. The third-order valence-electron chi connectivity index (χ3n) is 2.17. The molecule has 7 heteroatoms. The van der Waals surface area contributed by atoms with Gasteiger partial charge < -0.3 is 19.9 Å². The van der Waals surface area contributed by atoms with Gasteiger partial charge in [-0.1, -0.05) is 12.1 Å². The predicted octanol–water partition coefficient (Wildman–Crippen LogP) is -2.23. The van der Waals surface area contributed by atoms with Crippen LogP contribution in [0.5, 0.6) is 5.75 Å². The second kappa shape index (κ2) is 9.26. The van der Waals surface area contributed by atoms with Crippen LogP contribution in [0.1, 0.15) is 6.92 Å². The van der Waals surface area contributed by atoms with E-state index < -0.39 is 17.4 Å². The summed E-state index contributed by atoms with van der Waals surface area (Å²) in [5, 5.41) is 23.0. The zero-order valence-corrected chi connectivity index (χ0v) is 13.6. The number of rotatable bonds is 5. The van der Waals surface area contributed by atoms with Gasteiger partial charge in [0.2, 0.25) is 0 Å². The molecule has 1 aromatic carbocycles. The molecule has 0 saturated carbocycles. The van der Waals surface area contributed by atoms with Crippen LogP contribution in [0, 0.1) is 11.3 Å². The molecule has 0 aliphatic carbocycles. The number of hydrogen-bond acceptors (Lipinski definition) is 6. The van der Waals surface area contributed by atoms with Gasteiger partial charge in [-0.15, -0.1) is 0 Å². The molecule has 20 heavy (non-hydrogen) atoms. The first-order chi connectivity index (χ1) is 9.13. The van der Waals surface area contributed by atoms with E-state index in [9.17, 15) is 9.90 Å². The van der Waals surface area contributed by atoms with Crippen LogP contribution in [0.2, 0.25) is 0 Å². The van der Waals surface area contributed by atoms with Crippen LogP contribution in [-0.2, 0) is 9.53 Å². The smallest absolute Gasteiger partial charge is 0.859 e. The number of nitrogens with zero attached hydrogens (tertiary/aromatic N) is 1. The summed E-state index contributed by atoms with van der Waals surface area (Å²) in [6.07, 6.45) is 0. The number of benzene rings is 1. The van der Waals surface area contributed by atoms with Gasteiger partial charge in [-0.2, -0.15) is 5.26 Å². The monoisotopic (exact) mass is 284 g/mol. The summed E-state index contributed by atoms with van der Waals surface area (Å²) in [6.45, 7) is 1.68. The van der Waals surface area contributed by atoms with Crippen LogP contribution in [-0.4, -0.2) is 19.7 Å². The van der Waals surface area contributed by atoms with Gasteiger partial charge in [-0.05, 0) is 24.9 Å². The maximum absolute atomic E-state index is 11.8. The Balaban J connectivity index is 0.00000361. The minimum absolute atomic E-state index is 0. The molecule has 0 atom stereocenters. The molecule has 0 amide bonds. The first kappa shape index (κ1) is 18.3. The number of nitriles is 1. The maximum Gasteiger partial charge on any atom is 1.00 e. The molecule has 0 radical (unpaired) electrons. The summed E-state index contributed by atoms with van der Waals surface area (Å²) >= 11 is 0. The largest absolute Gasteiger partial charge is 1.00 e. The SMILES string of the molecule is CCOC(=O)/C(C#N)=C(\[O-])Nc1ccccc1OC.[Na+]. The van der Waals surface area contributed by atoms with Crippen LogP contribution in [0.3, 0.4) is 0 Å². The van der Waals surface area contributed by atoms with Gasteiger partial charge in [0.15, 0.2) is 0 Å². The summed E-state index contributed by atoms with van der Waals surface area (Å²) in [7, 11) is 1.45. The van der Waals surface area contributed by atoms with Crippen LogP contribution < -0.4 is 44.7 Å². The molecule has 0 aromatic heterocycles. The van der Waals surface area contributed by atoms with E-state index in [4.69, 9.17) is 10.00 Å². The third-order valence-corrected chi connectivity index (χ3v) is 2.17. The molecule has 0 fully saturated rings. The Hall–Kier alpha value is -1.68. The quantitative estimate of drug-likeness (QED) is 0.216. The van der Waals surface area contributed by atoms with E-state index in [0.29, 0.717) is 11.4 Å². The van der Waals surface area contributed by atoms with Crippen molar-refractivity contribution >= 4 is 11.7 Å². The predicted molar refractivity (Wildman–Crippen MR) is 65.9 cm³/mol. The molecule has 100 valence electrons.